The highest BCUT2D eigenvalue weighted by Gasteiger charge is 2.40. The van der Waals surface area contributed by atoms with Gasteiger partial charge in [0.25, 0.3) is 0 Å². The minimum absolute atomic E-state index is 0.166. The Morgan fingerprint density at radius 1 is 1.53 bits per heavy atom. The molecule has 2 rings (SSSR count). The van der Waals surface area contributed by atoms with E-state index in [2.05, 4.69) is 17.9 Å². The van der Waals surface area contributed by atoms with Gasteiger partial charge in [-0.3, -0.25) is 0 Å². The molecule has 92 valence electrons. The van der Waals surface area contributed by atoms with Crippen LogP contribution in [0.1, 0.15) is 26.2 Å². The third kappa shape index (κ3) is 2.42. The van der Waals surface area contributed by atoms with Crippen LogP contribution in [0.3, 0.4) is 0 Å². The number of likely N-dealkylation sites (tertiary alicyclic amines) is 1. The quantitative estimate of drug-likeness (QED) is 0.734. The molecule has 1 heterocycles. The predicted octanol–water partition coefficient (Wildman–Crippen LogP) is 3.04. The molecule has 1 aliphatic heterocycles. The number of allylic oxidation sites excluding steroid dienone is 4. The fourth-order valence-electron chi connectivity index (χ4n) is 2.84. The fraction of sp³-hybridized carbons (Fsp3) is 0.643. The van der Waals surface area contributed by atoms with E-state index in [1.165, 1.54) is 6.08 Å². The molecule has 2 nitrogen and oxygen atoms in total. The highest BCUT2D eigenvalue weighted by Crippen LogP contribution is 2.42. The number of piperidine rings is 1. The summed E-state index contributed by atoms with van der Waals surface area (Å²) in [6.07, 6.45) is 7.49. The number of nitrogens with zero attached hydrogens (tertiary/aromatic N) is 2. The molecule has 0 amide bonds. The molecule has 1 saturated heterocycles. The van der Waals surface area contributed by atoms with E-state index in [0.29, 0.717) is 6.42 Å². The molecule has 0 aromatic heterocycles. The van der Waals surface area contributed by atoms with E-state index < -0.39 is 0 Å². The number of nitriles is 1. The van der Waals surface area contributed by atoms with Crippen molar-refractivity contribution in [1.29, 1.82) is 5.26 Å². The van der Waals surface area contributed by atoms with Crippen molar-refractivity contribution in [3.05, 3.63) is 24.1 Å². The lowest BCUT2D eigenvalue weighted by Gasteiger charge is -2.41. The Bertz CT molecular complexity index is 370. The van der Waals surface area contributed by atoms with Crippen LogP contribution in [0.15, 0.2) is 24.1 Å². The van der Waals surface area contributed by atoms with Crippen LogP contribution in [0, 0.1) is 22.7 Å². The summed E-state index contributed by atoms with van der Waals surface area (Å²) in [6.45, 7) is 5.18. The minimum atomic E-state index is -0.278. The zero-order chi connectivity index (χ0) is 12.3. The molecule has 2 aliphatic rings. The van der Waals surface area contributed by atoms with Gasteiger partial charge in [0.05, 0.1) is 11.5 Å². The summed E-state index contributed by atoms with van der Waals surface area (Å²) in [6, 6.07) is 2.52. The minimum Gasteiger partial charge on any atom is -0.303 e. The first kappa shape index (κ1) is 12.3. The molecule has 0 spiro atoms. The third-order valence-corrected chi connectivity index (χ3v) is 4.18. The van der Waals surface area contributed by atoms with Gasteiger partial charge < -0.3 is 4.90 Å². The molecule has 3 heteroatoms. The van der Waals surface area contributed by atoms with Crippen molar-refractivity contribution in [2.45, 2.75) is 26.2 Å². The SMILES string of the molecule is CCN1CCC(C#N)(C2C=CC(F)=CC2)CC1. The van der Waals surface area contributed by atoms with Crippen molar-refractivity contribution in [1.82, 2.24) is 4.90 Å². The summed E-state index contributed by atoms with van der Waals surface area (Å²) in [4.78, 5) is 2.37. The first-order valence-electron chi connectivity index (χ1n) is 6.37. The van der Waals surface area contributed by atoms with Crippen molar-refractivity contribution in [3.63, 3.8) is 0 Å². The normalized spacial score (nSPS) is 28.5. The molecule has 1 fully saturated rings. The smallest absolute Gasteiger partial charge is 0.118 e. The van der Waals surface area contributed by atoms with Crippen LogP contribution in [-0.2, 0) is 0 Å². The van der Waals surface area contributed by atoms with Gasteiger partial charge in [-0.1, -0.05) is 13.0 Å². The lowest BCUT2D eigenvalue weighted by atomic mass is 9.67. The number of hydrogen-bond donors (Lipinski definition) is 0. The van der Waals surface area contributed by atoms with E-state index in [1.54, 1.807) is 6.08 Å². The molecule has 0 aromatic carbocycles. The zero-order valence-electron chi connectivity index (χ0n) is 10.3. The van der Waals surface area contributed by atoms with Crippen LogP contribution in [0.4, 0.5) is 4.39 Å². The van der Waals surface area contributed by atoms with Gasteiger partial charge in [0, 0.05) is 0 Å². The van der Waals surface area contributed by atoms with E-state index in [1.807, 2.05) is 6.08 Å². The van der Waals surface area contributed by atoms with E-state index in [-0.39, 0.29) is 17.2 Å². The van der Waals surface area contributed by atoms with Crippen molar-refractivity contribution >= 4 is 0 Å². The maximum absolute atomic E-state index is 13.0. The molecular weight excluding hydrogens is 215 g/mol. The average Bonchev–Trinajstić information content (AvgIpc) is 2.40. The first-order valence-corrected chi connectivity index (χ1v) is 6.37. The maximum atomic E-state index is 13.0. The van der Waals surface area contributed by atoms with Crippen molar-refractivity contribution < 1.29 is 4.39 Å². The standard InChI is InChI=1S/C14H19FN2/c1-2-17-9-7-14(11-16,8-10-17)12-3-5-13(15)6-4-12/h3,5-6,12H,2,4,7-10H2,1H3. The number of halogens is 1. The van der Waals surface area contributed by atoms with E-state index >= 15 is 0 Å². The molecule has 1 atom stereocenters. The summed E-state index contributed by atoms with van der Waals surface area (Å²) in [5, 5.41) is 9.50. The summed E-state index contributed by atoms with van der Waals surface area (Å²) >= 11 is 0. The van der Waals surface area contributed by atoms with Crippen LogP contribution >= 0.6 is 0 Å². The molecule has 0 bridgehead atoms. The second kappa shape index (κ2) is 5.01. The zero-order valence-corrected chi connectivity index (χ0v) is 10.3. The molecule has 1 unspecified atom stereocenters. The van der Waals surface area contributed by atoms with Crippen LogP contribution in [0.25, 0.3) is 0 Å². The maximum Gasteiger partial charge on any atom is 0.118 e. The van der Waals surface area contributed by atoms with Crippen molar-refractivity contribution in [2.75, 3.05) is 19.6 Å². The van der Waals surface area contributed by atoms with Crippen LogP contribution in [-0.4, -0.2) is 24.5 Å². The Balaban J connectivity index is 2.07. The molecule has 0 saturated carbocycles. The number of hydrogen-bond acceptors (Lipinski definition) is 2. The Kier molecular flexibility index (Phi) is 3.63. The summed E-state index contributed by atoms with van der Waals surface area (Å²) in [5.74, 6) is 0.0198. The van der Waals surface area contributed by atoms with Gasteiger partial charge in [-0.2, -0.15) is 5.26 Å². The third-order valence-electron chi connectivity index (χ3n) is 4.18. The summed E-state index contributed by atoms with van der Waals surface area (Å²) in [5.41, 5.74) is -0.278. The summed E-state index contributed by atoms with van der Waals surface area (Å²) < 4.78 is 13.0. The van der Waals surface area contributed by atoms with Crippen LogP contribution in [0.2, 0.25) is 0 Å². The lowest BCUT2D eigenvalue weighted by molar-refractivity contribution is 0.117. The van der Waals surface area contributed by atoms with Gasteiger partial charge in [0.15, 0.2) is 0 Å². The van der Waals surface area contributed by atoms with Gasteiger partial charge in [-0.05, 0) is 57.0 Å². The lowest BCUT2D eigenvalue weighted by Crippen LogP contribution is -2.42. The topological polar surface area (TPSA) is 27.0 Å². The Hall–Kier alpha value is -1.14. The molecule has 0 aromatic rings. The van der Waals surface area contributed by atoms with Gasteiger partial charge in [0.2, 0.25) is 0 Å². The van der Waals surface area contributed by atoms with Crippen LogP contribution < -0.4 is 0 Å². The molecular formula is C14H19FN2. The van der Waals surface area contributed by atoms with Crippen LogP contribution in [0.5, 0.6) is 0 Å². The monoisotopic (exact) mass is 234 g/mol. The first-order chi connectivity index (χ1) is 8.20. The van der Waals surface area contributed by atoms with E-state index in [4.69, 9.17) is 0 Å². The number of rotatable bonds is 2. The molecule has 1 aliphatic carbocycles. The van der Waals surface area contributed by atoms with Gasteiger partial charge >= 0.3 is 0 Å². The highest BCUT2D eigenvalue weighted by atomic mass is 19.1. The van der Waals surface area contributed by atoms with E-state index in [9.17, 15) is 9.65 Å². The van der Waals surface area contributed by atoms with Gasteiger partial charge in [-0.15, -0.1) is 0 Å². The summed E-state index contributed by atoms with van der Waals surface area (Å²) in [7, 11) is 0. The average molecular weight is 234 g/mol. The molecule has 0 radical (unpaired) electrons. The van der Waals surface area contributed by atoms with Crippen molar-refractivity contribution in [3.8, 4) is 6.07 Å². The van der Waals surface area contributed by atoms with Crippen molar-refractivity contribution in [2.24, 2.45) is 11.3 Å². The predicted molar refractivity (Wildman–Crippen MR) is 65.8 cm³/mol. The van der Waals surface area contributed by atoms with Gasteiger partial charge in [-0.25, -0.2) is 4.39 Å². The molecule has 0 N–H and O–H groups in total. The highest BCUT2D eigenvalue weighted by molar-refractivity contribution is 5.22. The largest absolute Gasteiger partial charge is 0.303 e. The van der Waals surface area contributed by atoms with Gasteiger partial charge in [0.1, 0.15) is 5.83 Å². The fourth-order valence-corrected chi connectivity index (χ4v) is 2.84. The second-order valence-corrected chi connectivity index (χ2v) is 4.99. The van der Waals surface area contributed by atoms with E-state index in [0.717, 1.165) is 32.5 Å². The Morgan fingerprint density at radius 3 is 2.71 bits per heavy atom. The molecule has 17 heavy (non-hydrogen) atoms. The Labute approximate surface area is 102 Å². The second-order valence-electron chi connectivity index (χ2n) is 4.99. The Morgan fingerprint density at radius 2 is 2.24 bits per heavy atom.